The number of hydrogen-bond donors (Lipinski definition) is 1. The number of aromatic nitrogens is 1. The van der Waals surface area contributed by atoms with Crippen LogP contribution < -0.4 is 9.47 Å². The van der Waals surface area contributed by atoms with Crippen LogP contribution in [0.1, 0.15) is 43.0 Å². The molecule has 34 heavy (non-hydrogen) atoms. The number of nitrogens with one attached hydrogen (secondary N) is 1. The van der Waals surface area contributed by atoms with Crippen LogP contribution in [0.25, 0.3) is 17.0 Å². The van der Waals surface area contributed by atoms with Gasteiger partial charge in [-0.3, -0.25) is 9.69 Å². The second kappa shape index (κ2) is 8.02. The van der Waals surface area contributed by atoms with E-state index in [9.17, 15) is 4.79 Å². The summed E-state index contributed by atoms with van der Waals surface area (Å²) in [5.74, 6) is 2.62. The smallest absolute Gasteiger partial charge is 0.161 e. The fourth-order valence-corrected chi connectivity index (χ4v) is 6.72. The number of H-pyrrole nitrogens is 1. The van der Waals surface area contributed by atoms with Gasteiger partial charge in [0.25, 0.3) is 0 Å². The first-order chi connectivity index (χ1) is 16.5. The Morgan fingerprint density at radius 1 is 1.06 bits per heavy atom. The summed E-state index contributed by atoms with van der Waals surface area (Å²) in [5.41, 5.74) is 5.98. The van der Waals surface area contributed by atoms with E-state index in [0.29, 0.717) is 35.5 Å². The van der Waals surface area contributed by atoms with Crippen LogP contribution in [0.3, 0.4) is 0 Å². The molecule has 5 nitrogen and oxygen atoms in total. The van der Waals surface area contributed by atoms with Gasteiger partial charge in [-0.2, -0.15) is 0 Å². The number of hydrogen-bond acceptors (Lipinski definition) is 4. The second-order valence-electron chi connectivity index (χ2n) is 10.3. The summed E-state index contributed by atoms with van der Waals surface area (Å²) in [6, 6.07) is 14.5. The zero-order valence-corrected chi connectivity index (χ0v) is 20.2. The third-order valence-electron chi connectivity index (χ3n) is 8.50. The number of para-hydroxylation sites is 1. The molecule has 3 heterocycles. The molecule has 2 aromatic carbocycles. The van der Waals surface area contributed by atoms with Crippen molar-refractivity contribution in [2.24, 2.45) is 11.8 Å². The average Bonchev–Trinajstić information content (AvgIpc) is 3.23. The lowest BCUT2D eigenvalue weighted by Gasteiger charge is -2.54. The van der Waals surface area contributed by atoms with Crippen molar-refractivity contribution in [3.05, 3.63) is 64.9 Å². The average molecular weight is 457 g/mol. The van der Waals surface area contributed by atoms with E-state index in [4.69, 9.17) is 9.47 Å². The number of Topliss-reactive ketones (excluding diaryl/α,β-unsaturated/α-hetero) is 1. The van der Waals surface area contributed by atoms with Crippen molar-refractivity contribution in [2.75, 3.05) is 27.3 Å². The molecule has 3 aromatic rings. The monoisotopic (exact) mass is 456 g/mol. The van der Waals surface area contributed by atoms with Crippen LogP contribution in [0.15, 0.2) is 48.0 Å². The third-order valence-corrected chi connectivity index (χ3v) is 8.50. The Labute approximate surface area is 200 Å². The minimum Gasteiger partial charge on any atom is -0.493 e. The number of carbonyl (C=O) groups excluding carboxylic acids is 1. The normalized spacial score (nSPS) is 27.9. The highest BCUT2D eigenvalue weighted by molar-refractivity contribution is 6.00. The SMILES string of the molecule is COc1ccc(/C=C2\C[C@H]3CN4CCc5c([nH]c6ccccc56)[C@@]4(C)C[C@H]3CC2=O)cc1OC. The van der Waals surface area contributed by atoms with Crippen LogP contribution >= 0.6 is 0 Å². The Morgan fingerprint density at radius 3 is 2.71 bits per heavy atom. The molecular weight excluding hydrogens is 424 g/mol. The van der Waals surface area contributed by atoms with Gasteiger partial charge in [-0.1, -0.05) is 24.3 Å². The molecule has 0 unspecified atom stereocenters. The molecule has 0 bridgehead atoms. The molecule has 1 saturated carbocycles. The van der Waals surface area contributed by atoms with E-state index in [1.54, 1.807) is 14.2 Å². The molecule has 1 saturated heterocycles. The zero-order valence-electron chi connectivity index (χ0n) is 20.2. The highest BCUT2D eigenvalue weighted by Gasteiger charge is 2.49. The van der Waals surface area contributed by atoms with Gasteiger partial charge in [-0.25, -0.2) is 0 Å². The van der Waals surface area contributed by atoms with Gasteiger partial charge in [0.2, 0.25) is 0 Å². The van der Waals surface area contributed by atoms with Crippen molar-refractivity contribution in [3.8, 4) is 11.5 Å². The molecule has 0 radical (unpaired) electrons. The van der Waals surface area contributed by atoms with Crippen molar-refractivity contribution in [1.82, 2.24) is 9.88 Å². The van der Waals surface area contributed by atoms with Gasteiger partial charge in [0.1, 0.15) is 0 Å². The van der Waals surface area contributed by atoms with Crippen LogP contribution in [0, 0.1) is 11.8 Å². The topological polar surface area (TPSA) is 54.6 Å². The Kier molecular flexibility index (Phi) is 5.07. The van der Waals surface area contributed by atoms with E-state index in [0.717, 1.165) is 43.5 Å². The molecule has 1 aromatic heterocycles. The van der Waals surface area contributed by atoms with Gasteiger partial charge < -0.3 is 14.5 Å². The minimum absolute atomic E-state index is 0.0291. The Bertz CT molecular complexity index is 1310. The predicted molar refractivity (Wildman–Crippen MR) is 134 cm³/mol. The van der Waals surface area contributed by atoms with Crippen LogP contribution in [-0.2, 0) is 16.8 Å². The molecule has 1 aliphatic carbocycles. The maximum atomic E-state index is 13.2. The fraction of sp³-hybridized carbons (Fsp3) is 0.414. The first kappa shape index (κ1) is 21.5. The molecule has 0 spiro atoms. The largest absolute Gasteiger partial charge is 0.493 e. The predicted octanol–water partition coefficient (Wildman–Crippen LogP) is 5.34. The minimum atomic E-state index is -0.0291. The summed E-state index contributed by atoms with van der Waals surface area (Å²) >= 11 is 0. The molecule has 1 N–H and O–H groups in total. The van der Waals surface area contributed by atoms with Gasteiger partial charge in [0.15, 0.2) is 17.3 Å². The molecule has 6 rings (SSSR count). The molecule has 176 valence electrons. The Morgan fingerprint density at radius 2 is 1.88 bits per heavy atom. The maximum absolute atomic E-state index is 13.2. The van der Waals surface area contributed by atoms with Crippen LogP contribution in [-0.4, -0.2) is 43.0 Å². The molecule has 3 aliphatic rings. The van der Waals surface area contributed by atoms with Crippen molar-refractivity contribution < 1.29 is 14.3 Å². The lowest BCUT2D eigenvalue weighted by molar-refractivity contribution is -0.121. The number of carbonyl (C=O) groups is 1. The number of piperidine rings is 1. The van der Waals surface area contributed by atoms with E-state index < -0.39 is 0 Å². The Hall–Kier alpha value is -3.05. The number of ketones is 1. The summed E-state index contributed by atoms with van der Waals surface area (Å²) in [4.78, 5) is 19.7. The lowest BCUT2D eigenvalue weighted by atomic mass is 9.65. The van der Waals surface area contributed by atoms with Crippen LogP contribution in [0.2, 0.25) is 0 Å². The first-order valence-electron chi connectivity index (χ1n) is 12.3. The zero-order chi connectivity index (χ0) is 23.4. The van der Waals surface area contributed by atoms with Gasteiger partial charge in [0, 0.05) is 36.1 Å². The number of allylic oxidation sites excluding steroid dienone is 1. The molecule has 5 heteroatoms. The Balaban J connectivity index is 1.28. The number of methoxy groups -OCH3 is 2. The van der Waals surface area contributed by atoms with Crippen LogP contribution in [0.4, 0.5) is 0 Å². The van der Waals surface area contributed by atoms with Gasteiger partial charge in [-0.05, 0) is 79.0 Å². The number of fused-ring (bicyclic) bond motifs is 6. The summed E-state index contributed by atoms with van der Waals surface area (Å²) in [5, 5.41) is 1.36. The second-order valence-corrected chi connectivity index (χ2v) is 10.3. The number of benzene rings is 2. The van der Waals surface area contributed by atoms with Crippen molar-refractivity contribution in [2.45, 2.75) is 38.1 Å². The van der Waals surface area contributed by atoms with Crippen molar-refractivity contribution in [1.29, 1.82) is 0 Å². The summed E-state index contributed by atoms with van der Waals surface area (Å²) in [6.45, 7) is 4.51. The quantitative estimate of drug-likeness (QED) is 0.541. The van der Waals surface area contributed by atoms with Crippen LogP contribution in [0.5, 0.6) is 11.5 Å². The summed E-state index contributed by atoms with van der Waals surface area (Å²) in [7, 11) is 3.28. The first-order valence-corrected chi connectivity index (χ1v) is 12.3. The van der Waals surface area contributed by atoms with Gasteiger partial charge >= 0.3 is 0 Å². The van der Waals surface area contributed by atoms with Gasteiger partial charge in [-0.15, -0.1) is 0 Å². The van der Waals surface area contributed by atoms with Crippen molar-refractivity contribution in [3.63, 3.8) is 0 Å². The van der Waals surface area contributed by atoms with Crippen molar-refractivity contribution >= 4 is 22.8 Å². The highest BCUT2D eigenvalue weighted by Crippen LogP contribution is 2.50. The molecular formula is C29H32N2O3. The fourth-order valence-electron chi connectivity index (χ4n) is 6.72. The van der Waals surface area contributed by atoms with E-state index >= 15 is 0 Å². The number of nitrogens with zero attached hydrogens (tertiary/aromatic N) is 1. The van der Waals surface area contributed by atoms with E-state index in [2.05, 4.69) is 47.1 Å². The molecule has 2 fully saturated rings. The lowest BCUT2D eigenvalue weighted by Crippen LogP contribution is -2.57. The number of rotatable bonds is 3. The van der Waals surface area contributed by atoms with E-state index in [1.807, 2.05) is 18.2 Å². The number of ether oxygens (including phenoxy) is 2. The maximum Gasteiger partial charge on any atom is 0.161 e. The number of aromatic amines is 1. The summed E-state index contributed by atoms with van der Waals surface area (Å²) < 4.78 is 10.8. The van der Waals surface area contributed by atoms with E-state index in [-0.39, 0.29) is 5.54 Å². The highest BCUT2D eigenvalue weighted by atomic mass is 16.5. The van der Waals surface area contributed by atoms with Gasteiger partial charge in [0.05, 0.1) is 19.8 Å². The standard InChI is InChI=1S/C29H32N2O3/c1-29-16-20-15-25(32)19(12-18-8-9-26(33-2)27(13-18)34-3)14-21(20)17-31(29)11-10-23-22-6-4-5-7-24(22)30-28(23)29/h4-9,12-13,20-21,30H,10-11,14-17H2,1-3H3/b19-12+/t20-,21+,29-/m1/s1. The van der Waals surface area contributed by atoms with E-state index in [1.165, 1.54) is 22.2 Å². The molecule has 2 aliphatic heterocycles. The third kappa shape index (κ3) is 3.29. The summed E-state index contributed by atoms with van der Waals surface area (Å²) in [6.07, 6.45) is 5.67. The molecule has 3 atom stereocenters. The molecule has 0 amide bonds.